The Bertz CT molecular complexity index is 891. The quantitative estimate of drug-likeness (QED) is 0.722. The van der Waals surface area contributed by atoms with Crippen LogP contribution in [0.25, 0.3) is 0 Å². The van der Waals surface area contributed by atoms with Crippen LogP contribution in [0.3, 0.4) is 0 Å². The molecule has 1 fully saturated rings. The number of aryl methyl sites for hydroxylation is 1. The molecule has 1 aliphatic rings. The van der Waals surface area contributed by atoms with Gasteiger partial charge in [-0.3, -0.25) is 19.4 Å². The molecule has 1 N–H and O–H groups in total. The number of nitrogens with one attached hydrogen (secondary N) is 1. The number of carbonyl (C=O) groups is 2. The van der Waals surface area contributed by atoms with Gasteiger partial charge >= 0.3 is 0 Å². The molecule has 2 heterocycles. The third-order valence-corrected chi connectivity index (χ3v) is 6.08. The Kier molecular flexibility index (Phi) is 7.41. The second-order valence-corrected chi connectivity index (χ2v) is 8.58. The second-order valence-electron chi connectivity index (χ2n) is 7.59. The van der Waals surface area contributed by atoms with Gasteiger partial charge in [-0.05, 0) is 24.6 Å². The Labute approximate surface area is 181 Å². The summed E-state index contributed by atoms with van der Waals surface area (Å²) in [6.07, 6.45) is 0. The SMILES string of the molecule is COc1cccc(CN2CCN(CC(=O)Nc3nc(C)c(C(=O)N(C)C)s3)CC2)c1. The normalized spacial score (nSPS) is 15.1. The van der Waals surface area contributed by atoms with Crippen LogP contribution in [0.4, 0.5) is 5.13 Å². The lowest BCUT2D eigenvalue weighted by molar-refractivity contribution is -0.117. The van der Waals surface area contributed by atoms with Crippen LogP contribution >= 0.6 is 11.3 Å². The topological polar surface area (TPSA) is 78.0 Å². The lowest BCUT2D eigenvalue weighted by atomic mass is 10.2. The first-order valence-corrected chi connectivity index (χ1v) is 10.7. The first kappa shape index (κ1) is 22.2. The number of methoxy groups -OCH3 is 1. The first-order chi connectivity index (χ1) is 14.4. The van der Waals surface area contributed by atoms with Crippen LogP contribution in [-0.2, 0) is 11.3 Å². The number of carbonyl (C=O) groups excluding carboxylic acids is 2. The first-order valence-electron chi connectivity index (χ1n) is 9.92. The number of benzene rings is 1. The fraction of sp³-hybridized carbons (Fsp3) is 0.476. The number of ether oxygens (including phenoxy) is 1. The highest BCUT2D eigenvalue weighted by Crippen LogP contribution is 2.23. The number of hydrogen-bond donors (Lipinski definition) is 1. The minimum Gasteiger partial charge on any atom is -0.497 e. The van der Waals surface area contributed by atoms with Gasteiger partial charge in [0.2, 0.25) is 5.91 Å². The molecule has 2 aromatic rings. The third kappa shape index (κ3) is 5.78. The zero-order chi connectivity index (χ0) is 21.7. The molecule has 0 radical (unpaired) electrons. The van der Waals surface area contributed by atoms with Crippen molar-refractivity contribution in [3.05, 3.63) is 40.4 Å². The number of thiazole rings is 1. The number of anilines is 1. The van der Waals surface area contributed by atoms with Crippen molar-refractivity contribution in [3.63, 3.8) is 0 Å². The molecule has 0 saturated carbocycles. The van der Waals surface area contributed by atoms with E-state index in [0.717, 1.165) is 38.5 Å². The molecule has 1 aromatic carbocycles. The van der Waals surface area contributed by atoms with Gasteiger partial charge in [0.1, 0.15) is 10.6 Å². The molecule has 0 spiro atoms. The molecule has 0 bridgehead atoms. The molecule has 1 aliphatic heterocycles. The van der Waals surface area contributed by atoms with Crippen molar-refractivity contribution >= 4 is 28.3 Å². The summed E-state index contributed by atoms with van der Waals surface area (Å²) in [6, 6.07) is 8.12. The van der Waals surface area contributed by atoms with E-state index in [2.05, 4.69) is 32.2 Å². The molecule has 0 unspecified atom stereocenters. The molecule has 0 atom stereocenters. The highest BCUT2D eigenvalue weighted by Gasteiger charge is 2.21. The lowest BCUT2D eigenvalue weighted by Crippen LogP contribution is -2.48. The van der Waals surface area contributed by atoms with Crippen LogP contribution in [0, 0.1) is 6.92 Å². The minimum atomic E-state index is -0.103. The Hall–Kier alpha value is -2.49. The second kappa shape index (κ2) is 10.0. The van der Waals surface area contributed by atoms with Crippen molar-refractivity contribution in [1.82, 2.24) is 19.7 Å². The highest BCUT2D eigenvalue weighted by atomic mass is 32.1. The zero-order valence-electron chi connectivity index (χ0n) is 18.0. The molecular weight excluding hydrogens is 402 g/mol. The van der Waals surface area contributed by atoms with Gasteiger partial charge in [0, 0.05) is 46.8 Å². The van der Waals surface area contributed by atoms with Gasteiger partial charge in [0.25, 0.3) is 5.91 Å². The summed E-state index contributed by atoms with van der Waals surface area (Å²) in [4.78, 5) is 35.5. The van der Waals surface area contributed by atoms with E-state index in [-0.39, 0.29) is 11.8 Å². The van der Waals surface area contributed by atoms with Crippen LogP contribution in [0.5, 0.6) is 5.75 Å². The number of rotatable bonds is 7. The largest absolute Gasteiger partial charge is 0.497 e. The van der Waals surface area contributed by atoms with Gasteiger partial charge < -0.3 is 15.0 Å². The van der Waals surface area contributed by atoms with Gasteiger partial charge in [-0.2, -0.15) is 0 Å². The van der Waals surface area contributed by atoms with E-state index >= 15 is 0 Å². The maximum absolute atomic E-state index is 12.4. The molecule has 0 aliphatic carbocycles. The van der Waals surface area contributed by atoms with Gasteiger partial charge in [-0.15, -0.1) is 0 Å². The molecule has 8 nitrogen and oxygen atoms in total. The van der Waals surface area contributed by atoms with E-state index in [1.165, 1.54) is 21.8 Å². The van der Waals surface area contributed by atoms with E-state index in [9.17, 15) is 9.59 Å². The van der Waals surface area contributed by atoms with E-state index < -0.39 is 0 Å². The molecule has 30 heavy (non-hydrogen) atoms. The predicted molar refractivity (Wildman–Crippen MR) is 118 cm³/mol. The van der Waals surface area contributed by atoms with Crippen molar-refractivity contribution in [2.75, 3.05) is 59.2 Å². The standard InChI is InChI=1S/C21H29N5O3S/c1-15-19(20(28)24(2)3)30-21(22-15)23-18(27)14-26-10-8-25(9-11-26)13-16-6-5-7-17(12-16)29-4/h5-7,12H,8-11,13-14H2,1-4H3,(H,22,23,27). The summed E-state index contributed by atoms with van der Waals surface area (Å²) >= 11 is 1.22. The molecule has 1 aromatic heterocycles. The van der Waals surface area contributed by atoms with Gasteiger partial charge in [-0.25, -0.2) is 4.98 Å². The summed E-state index contributed by atoms with van der Waals surface area (Å²) < 4.78 is 5.29. The van der Waals surface area contributed by atoms with Crippen molar-refractivity contribution in [3.8, 4) is 5.75 Å². The summed E-state index contributed by atoms with van der Waals surface area (Å²) in [5, 5.41) is 3.31. The van der Waals surface area contributed by atoms with Gasteiger partial charge in [0.15, 0.2) is 5.13 Å². The maximum Gasteiger partial charge on any atom is 0.265 e. The molecular formula is C21H29N5O3S. The van der Waals surface area contributed by atoms with Crippen molar-refractivity contribution < 1.29 is 14.3 Å². The Morgan fingerprint density at radius 3 is 2.57 bits per heavy atom. The average molecular weight is 432 g/mol. The molecule has 1 saturated heterocycles. The van der Waals surface area contributed by atoms with E-state index in [1.54, 1.807) is 28.1 Å². The fourth-order valence-electron chi connectivity index (χ4n) is 3.35. The molecule has 2 amide bonds. The van der Waals surface area contributed by atoms with Crippen LogP contribution in [0.2, 0.25) is 0 Å². The van der Waals surface area contributed by atoms with Crippen LogP contribution in [0.15, 0.2) is 24.3 Å². The van der Waals surface area contributed by atoms with Crippen LogP contribution < -0.4 is 10.1 Å². The summed E-state index contributed by atoms with van der Waals surface area (Å²) in [6.45, 7) is 6.45. The van der Waals surface area contributed by atoms with Crippen LogP contribution in [0.1, 0.15) is 20.9 Å². The number of hydrogen-bond acceptors (Lipinski definition) is 7. The maximum atomic E-state index is 12.4. The van der Waals surface area contributed by atoms with Crippen molar-refractivity contribution in [2.24, 2.45) is 0 Å². The Morgan fingerprint density at radius 2 is 1.90 bits per heavy atom. The van der Waals surface area contributed by atoms with Crippen LogP contribution in [-0.4, -0.2) is 85.4 Å². The van der Waals surface area contributed by atoms with Crippen molar-refractivity contribution in [2.45, 2.75) is 13.5 Å². The number of nitrogens with zero attached hydrogens (tertiary/aromatic N) is 4. The number of aromatic nitrogens is 1. The Morgan fingerprint density at radius 1 is 1.20 bits per heavy atom. The average Bonchev–Trinajstić information content (AvgIpc) is 3.08. The minimum absolute atomic E-state index is 0.0994. The molecule has 9 heteroatoms. The summed E-state index contributed by atoms with van der Waals surface area (Å²) in [7, 11) is 5.08. The Balaban J connectivity index is 1.46. The number of piperazine rings is 1. The summed E-state index contributed by atoms with van der Waals surface area (Å²) in [5.41, 5.74) is 1.86. The molecule has 162 valence electrons. The van der Waals surface area contributed by atoms with E-state index in [1.807, 2.05) is 12.1 Å². The smallest absolute Gasteiger partial charge is 0.265 e. The predicted octanol–water partition coefficient (Wildman–Crippen LogP) is 1.92. The lowest BCUT2D eigenvalue weighted by Gasteiger charge is -2.34. The molecule has 3 rings (SSSR count). The van der Waals surface area contributed by atoms with Gasteiger partial charge in [-0.1, -0.05) is 23.5 Å². The third-order valence-electron chi connectivity index (χ3n) is 5.02. The number of amides is 2. The van der Waals surface area contributed by atoms with Crippen molar-refractivity contribution in [1.29, 1.82) is 0 Å². The zero-order valence-corrected chi connectivity index (χ0v) is 18.8. The van der Waals surface area contributed by atoms with Gasteiger partial charge in [0.05, 0.1) is 19.3 Å². The summed E-state index contributed by atoms with van der Waals surface area (Å²) in [5.74, 6) is 0.669. The highest BCUT2D eigenvalue weighted by molar-refractivity contribution is 7.17. The fourth-order valence-corrected chi connectivity index (χ4v) is 4.35. The van der Waals surface area contributed by atoms with E-state index in [4.69, 9.17) is 4.74 Å². The van der Waals surface area contributed by atoms with E-state index in [0.29, 0.717) is 22.2 Å². The monoisotopic (exact) mass is 431 g/mol.